The molecule has 0 radical (unpaired) electrons. The first kappa shape index (κ1) is 22.9. The van der Waals surface area contributed by atoms with Crippen LogP contribution in [0.5, 0.6) is 11.5 Å². The monoisotopic (exact) mass is 454 g/mol. The molecule has 0 N–H and O–H groups in total. The second-order valence-corrected chi connectivity index (χ2v) is 8.09. The minimum Gasteiger partial charge on any atom is -0.457 e. The lowest BCUT2D eigenvalue weighted by Crippen LogP contribution is -2.48. The molecule has 0 atom stereocenters. The number of amides is 1. The minimum atomic E-state index is -4.41. The molecule has 3 aromatic rings. The molecule has 1 fully saturated rings. The van der Waals surface area contributed by atoms with Crippen LogP contribution in [0.2, 0.25) is 0 Å². The summed E-state index contributed by atoms with van der Waals surface area (Å²) in [6.07, 6.45) is -4.00. The molecule has 172 valence electrons. The number of carbonyl (C=O) groups is 1. The molecule has 0 unspecified atom stereocenters. The molecule has 0 aromatic heterocycles. The predicted molar refractivity (Wildman–Crippen MR) is 120 cm³/mol. The van der Waals surface area contributed by atoms with Crippen LogP contribution in [0.3, 0.4) is 0 Å². The number of rotatable bonds is 6. The van der Waals surface area contributed by atoms with Gasteiger partial charge in [0.1, 0.15) is 11.5 Å². The Hall–Kier alpha value is -3.32. The summed E-state index contributed by atoms with van der Waals surface area (Å²) in [4.78, 5) is 16.7. The number of halogens is 3. The van der Waals surface area contributed by atoms with E-state index in [2.05, 4.69) is 4.90 Å². The fourth-order valence-corrected chi connectivity index (χ4v) is 3.88. The molecule has 0 spiro atoms. The minimum absolute atomic E-state index is 0.136. The Morgan fingerprint density at radius 1 is 0.788 bits per heavy atom. The standard InChI is InChI=1S/C26H25F3N2O2/c27-26(28,29)22-9-5-11-24(18-22)33-23-10-4-8-21(16-23)19-30-12-14-31(15-13-30)25(32)17-20-6-2-1-3-7-20/h1-11,16,18H,12-15,17,19H2. The highest BCUT2D eigenvalue weighted by Gasteiger charge is 2.30. The van der Waals surface area contributed by atoms with Crippen LogP contribution in [0.25, 0.3) is 0 Å². The van der Waals surface area contributed by atoms with Crippen LogP contribution in [0.15, 0.2) is 78.9 Å². The highest BCUT2D eigenvalue weighted by molar-refractivity contribution is 5.78. The predicted octanol–water partition coefficient (Wildman–Crippen LogP) is 5.38. The number of alkyl halides is 3. The molecule has 3 aromatic carbocycles. The van der Waals surface area contributed by atoms with Crippen molar-refractivity contribution in [2.24, 2.45) is 0 Å². The van der Waals surface area contributed by atoms with Gasteiger partial charge < -0.3 is 9.64 Å². The molecule has 4 rings (SSSR count). The third kappa shape index (κ3) is 6.35. The van der Waals surface area contributed by atoms with Crippen molar-refractivity contribution in [1.29, 1.82) is 0 Å². The molecule has 4 nitrogen and oxygen atoms in total. The van der Waals surface area contributed by atoms with E-state index in [9.17, 15) is 18.0 Å². The van der Waals surface area contributed by atoms with Crippen molar-refractivity contribution in [1.82, 2.24) is 9.80 Å². The molecule has 1 saturated heterocycles. The quantitative estimate of drug-likeness (QED) is 0.501. The van der Waals surface area contributed by atoms with Crippen molar-refractivity contribution >= 4 is 5.91 Å². The van der Waals surface area contributed by atoms with Crippen molar-refractivity contribution in [2.45, 2.75) is 19.1 Å². The van der Waals surface area contributed by atoms with Gasteiger partial charge in [0.15, 0.2) is 0 Å². The second kappa shape index (κ2) is 10.1. The van der Waals surface area contributed by atoms with Crippen molar-refractivity contribution in [3.05, 3.63) is 95.6 Å². The maximum absolute atomic E-state index is 12.9. The Morgan fingerprint density at radius 3 is 2.12 bits per heavy atom. The smallest absolute Gasteiger partial charge is 0.416 e. The summed E-state index contributed by atoms with van der Waals surface area (Å²) in [5.74, 6) is 0.772. The molecule has 1 aliphatic heterocycles. The normalized spacial score (nSPS) is 14.8. The lowest BCUT2D eigenvalue weighted by atomic mass is 10.1. The number of carbonyl (C=O) groups excluding carboxylic acids is 1. The van der Waals surface area contributed by atoms with Gasteiger partial charge in [0.05, 0.1) is 12.0 Å². The molecule has 0 aliphatic carbocycles. The highest BCUT2D eigenvalue weighted by atomic mass is 19.4. The molecule has 1 heterocycles. The molecule has 0 saturated carbocycles. The maximum atomic E-state index is 12.9. The fraction of sp³-hybridized carbons (Fsp3) is 0.269. The van der Waals surface area contributed by atoms with E-state index in [1.54, 1.807) is 6.07 Å². The van der Waals surface area contributed by atoms with Gasteiger partial charge in [-0.05, 0) is 41.5 Å². The number of hydrogen-bond acceptors (Lipinski definition) is 3. The van der Waals surface area contributed by atoms with E-state index < -0.39 is 11.7 Å². The zero-order chi connectivity index (χ0) is 23.3. The summed E-state index contributed by atoms with van der Waals surface area (Å²) in [7, 11) is 0. The topological polar surface area (TPSA) is 32.8 Å². The van der Waals surface area contributed by atoms with Gasteiger partial charge in [-0.1, -0.05) is 48.5 Å². The summed E-state index contributed by atoms with van der Waals surface area (Å²) in [6, 6.07) is 22.0. The van der Waals surface area contributed by atoms with Crippen molar-refractivity contribution in [2.75, 3.05) is 26.2 Å². The second-order valence-electron chi connectivity index (χ2n) is 8.09. The Labute approximate surface area is 191 Å². The van der Waals surface area contributed by atoms with E-state index in [0.717, 1.165) is 36.3 Å². The van der Waals surface area contributed by atoms with Crippen molar-refractivity contribution in [3.63, 3.8) is 0 Å². The lowest BCUT2D eigenvalue weighted by Gasteiger charge is -2.35. The number of ether oxygens (including phenoxy) is 1. The van der Waals surface area contributed by atoms with Gasteiger partial charge in [-0.15, -0.1) is 0 Å². The number of nitrogens with zero attached hydrogens (tertiary/aromatic N) is 2. The molecule has 7 heteroatoms. The summed E-state index contributed by atoms with van der Waals surface area (Å²) in [5, 5.41) is 0. The Morgan fingerprint density at radius 2 is 1.42 bits per heavy atom. The third-order valence-corrected chi connectivity index (χ3v) is 5.62. The average molecular weight is 454 g/mol. The molecule has 1 aliphatic rings. The van der Waals surface area contributed by atoms with E-state index in [4.69, 9.17) is 4.74 Å². The largest absolute Gasteiger partial charge is 0.457 e. The Bertz CT molecular complexity index is 1080. The van der Waals surface area contributed by atoms with E-state index in [0.29, 0.717) is 31.8 Å². The highest BCUT2D eigenvalue weighted by Crippen LogP contribution is 2.32. The molecular weight excluding hydrogens is 429 g/mol. The fourth-order valence-electron chi connectivity index (χ4n) is 3.88. The third-order valence-electron chi connectivity index (χ3n) is 5.62. The number of benzene rings is 3. The zero-order valence-electron chi connectivity index (χ0n) is 18.1. The Balaban J connectivity index is 1.31. The van der Waals surface area contributed by atoms with Crippen LogP contribution in [0.1, 0.15) is 16.7 Å². The van der Waals surface area contributed by atoms with Gasteiger partial charge in [-0.2, -0.15) is 13.2 Å². The molecule has 33 heavy (non-hydrogen) atoms. The van der Waals surface area contributed by atoms with Crippen LogP contribution in [-0.2, 0) is 23.9 Å². The van der Waals surface area contributed by atoms with Gasteiger partial charge >= 0.3 is 6.18 Å². The molecular formula is C26H25F3N2O2. The van der Waals surface area contributed by atoms with Crippen LogP contribution >= 0.6 is 0 Å². The number of piperazine rings is 1. The molecule has 1 amide bonds. The van der Waals surface area contributed by atoms with Gasteiger partial charge in [0, 0.05) is 32.7 Å². The maximum Gasteiger partial charge on any atom is 0.416 e. The summed E-state index contributed by atoms with van der Waals surface area (Å²) in [5.41, 5.74) is 1.28. The van der Waals surface area contributed by atoms with Gasteiger partial charge in [-0.3, -0.25) is 9.69 Å². The van der Waals surface area contributed by atoms with Gasteiger partial charge in [0.25, 0.3) is 0 Å². The van der Waals surface area contributed by atoms with Gasteiger partial charge in [0.2, 0.25) is 5.91 Å². The molecule has 0 bridgehead atoms. The Kier molecular flexibility index (Phi) is 6.99. The first-order valence-electron chi connectivity index (χ1n) is 10.8. The summed E-state index contributed by atoms with van der Waals surface area (Å²) in [6.45, 7) is 3.55. The van der Waals surface area contributed by atoms with Crippen LogP contribution in [-0.4, -0.2) is 41.9 Å². The van der Waals surface area contributed by atoms with Gasteiger partial charge in [-0.25, -0.2) is 0 Å². The summed E-state index contributed by atoms with van der Waals surface area (Å²) >= 11 is 0. The van der Waals surface area contributed by atoms with E-state index >= 15 is 0 Å². The van der Waals surface area contributed by atoms with Crippen LogP contribution in [0, 0.1) is 0 Å². The first-order valence-corrected chi connectivity index (χ1v) is 10.8. The zero-order valence-corrected chi connectivity index (χ0v) is 18.1. The van der Waals surface area contributed by atoms with E-state index in [1.807, 2.05) is 53.4 Å². The number of hydrogen-bond donors (Lipinski definition) is 0. The van der Waals surface area contributed by atoms with Crippen molar-refractivity contribution < 1.29 is 22.7 Å². The van der Waals surface area contributed by atoms with Crippen LogP contribution < -0.4 is 4.74 Å². The van der Waals surface area contributed by atoms with Crippen molar-refractivity contribution in [3.8, 4) is 11.5 Å². The first-order chi connectivity index (χ1) is 15.9. The summed E-state index contributed by atoms with van der Waals surface area (Å²) < 4.78 is 44.5. The lowest BCUT2D eigenvalue weighted by molar-refractivity contribution is -0.137. The van der Waals surface area contributed by atoms with E-state index in [1.165, 1.54) is 12.1 Å². The van der Waals surface area contributed by atoms with E-state index in [-0.39, 0.29) is 11.7 Å². The van der Waals surface area contributed by atoms with Crippen LogP contribution in [0.4, 0.5) is 13.2 Å². The average Bonchev–Trinajstić information content (AvgIpc) is 2.80. The SMILES string of the molecule is O=C(Cc1ccccc1)N1CCN(Cc2cccc(Oc3cccc(C(F)(F)F)c3)c2)CC1.